The van der Waals surface area contributed by atoms with Gasteiger partial charge in [-0.2, -0.15) is 0 Å². The van der Waals surface area contributed by atoms with Gasteiger partial charge in [0.1, 0.15) is 0 Å². The molecular formula is C14H17NO2. The van der Waals surface area contributed by atoms with Crippen LogP contribution in [0.5, 0.6) is 0 Å². The van der Waals surface area contributed by atoms with Gasteiger partial charge in [0.25, 0.3) is 0 Å². The van der Waals surface area contributed by atoms with Gasteiger partial charge in [-0.1, -0.05) is 30.3 Å². The number of hydrogen-bond acceptors (Lipinski definition) is 3. The van der Waals surface area contributed by atoms with Crippen LogP contribution in [0, 0.1) is 11.8 Å². The molecule has 0 aliphatic carbocycles. The predicted octanol–water partition coefficient (Wildman–Crippen LogP) is 1.68. The first kappa shape index (κ1) is 10.8. The van der Waals surface area contributed by atoms with E-state index >= 15 is 0 Å². The Hall–Kier alpha value is -1.35. The first-order valence-corrected chi connectivity index (χ1v) is 6.26. The first-order valence-electron chi connectivity index (χ1n) is 6.26. The number of piperidine rings is 1. The van der Waals surface area contributed by atoms with E-state index in [2.05, 4.69) is 29.2 Å². The molecule has 0 spiro atoms. The van der Waals surface area contributed by atoms with Crippen LogP contribution in [0.2, 0.25) is 0 Å². The lowest BCUT2D eigenvalue weighted by Gasteiger charge is -2.32. The van der Waals surface area contributed by atoms with Crippen molar-refractivity contribution < 1.29 is 9.53 Å². The summed E-state index contributed by atoms with van der Waals surface area (Å²) < 4.78 is 5.13. The number of carbonyl (C=O) groups excluding carboxylic acids is 1. The Morgan fingerprint density at radius 2 is 2.12 bits per heavy atom. The van der Waals surface area contributed by atoms with E-state index in [1.165, 1.54) is 5.56 Å². The molecule has 0 radical (unpaired) electrons. The number of likely N-dealkylation sites (tertiary alicyclic amines) is 1. The van der Waals surface area contributed by atoms with E-state index in [9.17, 15) is 4.79 Å². The first-order chi connectivity index (χ1) is 8.33. The van der Waals surface area contributed by atoms with Gasteiger partial charge in [-0.3, -0.25) is 9.69 Å². The van der Waals surface area contributed by atoms with Crippen LogP contribution < -0.4 is 0 Å². The maximum absolute atomic E-state index is 11.6. The Kier molecular flexibility index (Phi) is 2.85. The SMILES string of the molecule is O=C1OCC2CCN(Cc3ccccc3)CC12. The highest BCUT2D eigenvalue weighted by Crippen LogP contribution is 2.30. The third-order valence-electron chi connectivity index (χ3n) is 3.83. The summed E-state index contributed by atoms with van der Waals surface area (Å²) >= 11 is 0. The number of carbonyl (C=O) groups is 1. The minimum Gasteiger partial charge on any atom is -0.465 e. The molecule has 0 aromatic heterocycles. The molecule has 2 unspecified atom stereocenters. The number of benzene rings is 1. The van der Waals surface area contributed by atoms with Crippen LogP contribution in [0.25, 0.3) is 0 Å². The monoisotopic (exact) mass is 231 g/mol. The van der Waals surface area contributed by atoms with Gasteiger partial charge in [0.2, 0.25) is 0 Å². The number of hydrogen-bond donors (Lipinski definition) is 0. The van der Waals surface area contributed by atoms with Crippen LogP contribution in [-0.4, -0.2) is 30.6 Å². The molecule has 17 heavy (non-hydrogen) atoms. The van der Waals surface area contributed by atoms with Crippen molar-refractivity contribution in [1.29, 1.82) is 0 Å². The van der Waals surface area contributed by atoms with E-state index in [-0.39, 0.29) is 11.9 Å². The van der Waals surface area contributed by atoms with Crippen LogP contribution in [0.4, 0.5) is 0 Å². The van der Waals surface area contributed by atoms with Crippen LogP contribution in [-0.2, 0) is 16.1 Å². The van der Waals surface area contributed by atoms with Crippen molar-refractivity contribution in [3.8, 4) is 0 Å². The average Bonchev–Trinajstić information content (AvgIpc) is 2.73. The van der Waals surface area contributed by atoms with Crippen molar-refractivity contribution in [2.24, 2.45) is 11.8 Å². The molecule has 1 aromatic rings. The van der Waals surface area contributed by atoms with Gasteiger partial charge in [0.05, 0.1) is 12.5 Å². The summed E-state index contributed by atoms with van der Waals surface area (Å²) in [5, 5.41) is 0. The van der Waals surface area contributed by atoms with Gasteiger partial charge in [-0.15, -0.1) is 0 Å². The lowest BCUT2D eigenvalue weighted by Crippen LogP contribution is -2.40. The zero-order valence-electron chi connectivity index (χ0n) is 9.84. The highest BCUT2D eigenvalue weighted by atomic mass is 16.5. The minimum absolute atomic E-state index is 0.00719. The summed E-state index contributed by atoms with van der Waals surface area (Å²) in [5.41, 5.74) is 1.32. The second kappa shape index (κ2) is 4.49. The molecule has 3 nitrogen and oxygen atoms in total. The summed E-state index contributed by atoms with van der Waals surface area (Å²) in [7, 11) is 0. The Labute approximate surface area is 101 Å². The van der Waals surface area contributed by atoms with Gasteiger partial charge in [-0.05, 0) is 18.5 Å². The smallest absolute Gasteiger partial charge is 0.310 e. The summed E-state index contributed by atoms with van der Waals surface area (Å²) in [6, 6.07) is 10.4. The molecule has 0 amide bonds. The third kappa shape index (κ3) is 2.20. The molecule has 2 heterocycles. The van der Waals surface area contributed by atoms with Gasteiger partial charge < -0.3 is 4.74 Å². The average molecular weight is 231 g/mol. The molecule has 1 aromatic carbocycles. The number of fused-ring (bicyclic) bond motifs is 1. The molecule has 2 aliphatic rings. The topological polar surface area (TPSA) is 29.5 Å². The fraction of sp³-hybridized carbons (Fsp3) is 0.500. The van der Waals surface area contributed by atoms with E-state index < -0.39 is 0 Å². The van der Waals surface area contributed by atoms with Crippen LogP contribution in [0.3, 0.4) is 0 Å². The molecule has 0 bridgehead atoms. The third-order valence-corrected chi connectivity index (χ3v) is 3.83. The molecule has 90 valence electrons. The molecule has 0 saturated carbocycles. The molecular weight excluding hydrogens is 214 g/mol. The quantitative estimate of drug-likeness (QED) is 0.725. The fourth-order valence-electron chi connectivity index (χ4n) is 2.82. The normalized spacial score (nSPS) is 28.8. The lowest BCUT2D eigenvalue weighted by molar-refractivity contribution is -0.142. The van der Waals surface area contributed by atoms with E-state index in [0.717, 1.165) is 26.1 Å². The van der Waals surface area contributed by atoms with Crippen molar-refractivity contribution in [3.63, 3.8) is 0 Å². The Bertz CT molecular complexity index is 404. The standard InChI is InChI=1S/C14H17NO2/c16-14-13-9-15(7-6-12(13)10-17-14)8-11-4-2-1-3-5-11/h1-5,12-13H,6-10H2. The predicted molar refractivity (Wildman–Crippen MR) is 64.3 cm³/mol. The summed E-state index contributed by atoms with van der Waals surface area (Å²) in [6.07, 6.45) is 1.09. The van der Waals surface area contributed by atoms with Gasteiger partial charge in [0.15, 0.2) is 0 Å². The van der Waals surface area contributed by atoms with Crippen molar-refractivity contribution in [2.75, 3.05) is 19.7 Å². The van der Waals surface area contributed by atoms with Gasteiger partial charge in [-0.25, -0.2) is 0 Å². The summed E-state index contributed by atoms with van der Waals surface area (Å²) in [4.78, 5) is 13.9. The molecule has 2 fully saturated rings. The van der Waals surface area contributed by atoms with Crippen molar-refractivity contribution >= 4 is 5.97 Å². The Balaban J connectivity index is 1.64. The van der Waals surface area contributed by atoms with Crippen molar-refractivity contribution in [1.82, 2.24) is 4.90 Å². The van der Waals surface area contributed by atoms with E-state index in [0.29, 0.717) is 12.5 Å². The zero-order valence-corrected chi connectivity index (χ0v) is 9.84. The lowest BCUT2D eigenvalue weighted by atomic mass is 9.88. The number of ether oxygens (including phenoxy) is 1. The molecule has 2 atom stereocenters. The fourth-order valence-corrected chi connectivity index (χ4v) is 2.82. The molecule has 2 aliphatic heterocycles. The van der Waals surface area contributed by atoms with E-state index in [1.807, 2.05) is 6.07 Å². The molecule has 2 saturated heterocycles. The molecule has 0 N–H and O–H groups in total. The Morgan fingerprint density at radius 3 is 2.94 bits per heavy atom. The van der Waals surface area contributed by atoms with Crippen LogP contribution in [0.15, 0.2) is 30.3 Å². The van der Waals surface area contributed by atoms with Gasteiger partial charge >= 0.3 is 5.97 Å². The maximum Gasteiger partial charge on any atom is 0.310 e. The van der Waals surface area contributed by atoms with Crippen molar-refractivity contribution in [3.05, 3.63) is 35.9 Å². The van der Waals surface area contributed by atoms with Crippen LogP contribution in [0.1, 0.15) is 12.0 Å². The zero-order chi connectivity index (χ0) is 11.7. The number of cyclic esters (lactones) is 1. The number of esters is 1. The van der Waals surface area contributed by atoms with Gasteiger partial charge in [0, 0.05) is 19.0 Å². The summed E-state index contributed by atoms with van der Waals surface area (Å²) in [5.74, 6) is 0.592. The second-order valence-corrected chi connectivity index (χ2v) is 5.01. The van der Waals surface area contributed by atoms with Crippen molar-refractivity contribution in [2.45, 2.75) is 13.0 Å². The molecule has 3 heteroatoms. The van der Waals surface area contributed by atoms with E-state index in [1.54, 1.807) is 0 Å². The number of rotatable bonds is 2. The highest BCUT2D eigenvalue weighted by Gasteiger charge is 2.40. The minimum atomic E-state index is 0.00719. The summed E-state index contributed by atoms with van der Waals surface area (Å²) in [6.45, 7) is 3.52. The van der Waals surface area contributed by atoms with E-state index in [4.69, 9.17) is 4.74 Å². The maximum atomic E-state index is 11.6. The largest absolute Gasteiger partial charge is 0.465 e. The number of nitrogens with zero attached hydrogens (tertiary/aromatic N) is 1. The van der Waals surface area contributed by atoms with Crippen LogP contribution >= 0.6 is 0 Å². The Morgan fingerprint density at radius 1 is 1.29 bits per heavy atom. The highest BCUT2D eigenvalue weighted by molar-refractivity contribution is 5.75. The second-order valence-electron chi connectivity index (χ2n) is 5.01. The molecule has 3 rings (SSSR count).